The summed E-state index contributed by atoms with van der Waals surface area (Å²) in [5.74, 6) is 3.38. The van der Waals surface area contributed by atoms with Crippen molar-refractivity contribution in [1.82, 2.24) is 0 Å². The molecule has 252 valence electrons. The maximum absolute atomic E-state index is 6.81. The molecular formula is C44H40O6. The third kappa shape index (κ3) is 8.28. The topological polar surface area (TPSA) is 55.4 Å². The zero-order chi connectivity index (χ0) is 34.0. The van der Waals surface area contributed by atoms with E-state index in [9.17, 15) is 0 Å². The lowest BCUT2D eigenvalue weighted by atomic mass is 9.93. The van der Waals surface area contributed by atoms with E-state index in [-0.39, 0.29) is 6.10 Å². The minimum Gasteiger partial charge on any atom is -0.489 e. The minimum atomic E-state index is -0.416. The molecule has 0 fully saturated rings. The second-order valence-electron chi connectivity index (χ2n) is 12.2. The van der Waals surface area contributed by atoms with Crippen molar-refractivity contribution in [3.05, 3.63) is 185 Å². The molecule has 0 aromatic heterocycles. The van der Waals surface area contributed by atoms with E-state index in [1.807, 2.05) is 140 Å². The first-order chi connectivity index (χ1) is 24.7. The molecule has 0 N–H and O–H groups in total. The van der Waals surface area contributed by atoms with Gasteiger partial charge in [-0.2, -0.15) is 0 Å². The summed E-state index contributed by atoms with van der Waals surface area (Å²) in [6.07, 6.45) is -0.108. The molecule has 0 spiro atoms. The number of benzene rings is 6. The fraction of sp³-hybridized carbons (Fsp3) is 0.182. The van der Waals surface area contributed by atoms with E-state index >= 15 is 0 Å². The van der Waals surface area contributed by atoms with Gasteiger partial charge in [0.05, 0.1) is 0 Å². The smallest absolute Gasteiger partial charge is 0.162 e. The molecule has 0 saturated carbocycles. The molecule has 6 heteroatoms. The van der Waals surface area contributed by atoms with Gasteiger partial charge in [0, 0.05) is 31.2 Å². The van der Waals surface area contributed by atoms with Crippen molar-refractivity contribution in [3.63, 3.8) is 0 Å². The molecular weight excluding hydrogens is 624 g/mol. The summed E-state index contributed by atoms with van der Waals surface area (Å²) >= 11 is 0. The van der Waals surface area contributed by atoms with Gasteiger partial charge in [0.25, 0.3) is 0 Å². The van der Waals surface area contributed by atoms with Crippen LogP contribution in [0.4, 0.5) is 0 Å². The second kappa shape index (κ2) is 16.1. The first kappa shape index (κ1) is 32.8. The molecule has 7 rings (SSSR count). The van der Waals surface area contributed by atoms with Crippen molar-refractivity contribution in [1.29, 1.82) is 0 Å². The molecule has 2 unspecified atom stereocenters. The number of hydrogen-bond donors (Lipinski definition) is 0. The van der Waals surface area contributed by atoms with Crippen molar-refractivity contribution in [2.45, 2.75) is 45.1 Å². The van der Waals surface area contributed by atoms with Crippen LogP contribution in [0.1, 0.15) is 39.5 Å². The van der Waals surface area contributed by atoms with Gasteiger partial charge in [-0.15, -0.1) is 0 Å². The highest BCUT2D eigenvalue weighted by Gasteiger charge is 2.35. The van der Waals surface area contributed by atoms with Gasteiger partial charge in [-0.1, -0.05) is 127 Å². The summed E-state index contributed by atoms with van der Waals surface area (Å²) in [5, 5.41) is 0. The average molecular weight is 665 g/mol. The molecule has 0 saturated heterocycles. The van der Waals surface area contributed by atoms with Gasteiger partial charge in [0.15, 0.2) is 17.6 Å². The lowest BCUT2D eigenvalue weighted by Gasteiger charge is -2.34. The van der Waals surface area contributed by atoms with Crippen molar-refractivity contribution in [2.75, 3.05) is 7.11 Å². The Morgan fingerprint density at radius 3 is 1.50 bits per heavy atom. The van der Waals surface area contributed by atoms with Gasteiger partial charge < -0.3 is 28.4 Å². The van der Waals surface area contributed by atoms with Crippen LogP contribution in [0.3, 0.4) is 0 Å². The van der Waals surface area contributed by atoms with Crippen LogP contribution in [0.5, 0.6) is 28.7 Å². The minimum absolute atomic E-state index is 0.282. The van der Waals surface area contributed by atoms with Crippen molar-refractivity contribution in [2.24, 2.45) is 0 Å². The van der Waals surface area contributed by atoms with Crippen LogP contribution in [0, 0.1) is 0 Å². The van der Waals surface area contributed by atoms with Crippen LogP contribution in [0.2, 0.25) is 0 Å². The molecule has 1 aliphatic heterocycles. The molecule has 6 aromatic rings. The first-order valence-electron chi connectivity index (χ1n) is 16.9. The lowest BCUT2D eigenvalue weighted by Crippen LogP contribution is -2.32. The Hall–Kier alpha value is -5.72. The quantitative estimate of drug-likeness (QED) is 0.116. The monoisotopic (exact) mass is 664 g/mol. The predicted molar refractivity (Wildman–Crippen MR) is 194 cm³/mol. The number of fused-ring (bicyclic) bond motifs is 1. The highest BCUT2D eigenvalue weighted by atomic mass is 16.5. The number of ether oxygens (including phenoxy) is 6. The van der Waals surface area contributed by atoms with E-state index < -0.39 is 6.10 Å². The molecule has 0 aliphatic carbocycles. The molecule has 0 radical (unpaired) electrons. The van der Waals surface area contributed by atoms with E-state index in [1.54, 1.807) is 7.11 Å². The third-order valence-electron chi connectivity index (χ3n) is 8.70. The van der Waals surface area contributed by atoms with Crippen LogP contribution in [0.25, 0.3) is 0 Å². The standard InChI is InChI=1S/C44H40O6/c1-45-43-27-38-40(48-30-34-18-10-4-11-19-34)25-37(46-28-32-14-6-2-7-15-32)26-41(38)50-44(43)36-22-23-39(47-29-33-16-8-3-9-17-33)42(24-36)49-31-35-20-12-5-13-21-35/h2-26,43-44H,27-31H2,1H3. The summed E-state index contributed by atoms with van der Waals surface area (Å²) in [7, 11) is 1.72. The van der Waals surface area contributed by atoms with Gasteiger partial charge >= 0.3 is 0 Å². The Bertz CT molecular complexity index is 1950. The molecule has 2 atom stereocenters. The van der Waals surface area contributed by atoms with Crippen LogP contribution in [-0.2, 0) is 37.6 Å². The van der Waals surface area contributed by atoms with Crippen LogP contribution >= 0.6 is 0 Å². The summed E-state index contributed by atoms with van der Waals surface area (Å²) in [4.78, 5) is 0. The van der Waals surface area contributed by atoms with Gasteiger partial charge in [-0.25, -0.2) is 0 Å². The highest BCUT2D eigenvalue weighted by Crippen LogP contribution is 2.45. The Labute approximate surface area is 293 Å². The summed E-state index contributed by atoms with van der Waals surface area (Å²) in [5.41, 5.74) is 6.16. The Morgan fingerprint density at radius 2 is 0.980 bits per heavy atom. The summed E-state index contributed by atoms with van der Waals surface area (Å²) in [6, 6.07) is 50.4. The van der Waals surface area contributed by atoms with Gasteiger partial charge in [0.2, 0.25) is 0 Å². The molecule has 1 heterocycles. The zero-order valence-corrected chi connectivity index (χ0v) is 28.1. The number of rotatable bonds is 14. The van der Waals surface area contributed by atoms with Gasteiger partial charge in [-0.05, 0) is 39.9 Å². The normalized spacial score (nSPS) is 15.0. The largest absolute Gasteiger partial charge is 0.489 e. The molecule has 0 amide bonds. The molecule has 1 aliphatic rings. The van der Waals surface area contributed by atoms with E-state index in [0.29, 0.717) is 61.6 Å². The van der Waals surface area contributed by atoms with E-state index in [0.717, 1.165) is 33.4 Å². The van der Waals surface area contributed by atoms with Crippen LogP contribution in [0.15, 0.2) is 152 Å². The fourth-order valence-electron chi connectivity index (χ4n) is 6.01. The van der Waals surface area contributed by atoms with Crippen molar-refractivity contribution in [3.8, 4) is 28.7 Å². The maximum Gasteiger partial charge on any atom is 0.162 e. The number of hydrogen-bond acceptors (Lipinski definition) is 6. The Morgan fingerprint density at radius 1 is 0.500 bits per heavy atom. The Kier molecular flexibility index (Phi) is 10.6. The fourth-order valence-corrected chi connectivity index (χ4v) is 6.01. The first-order valence-corrected chi connectivity index (χ1v) is 16.9. The van der Waals surface area contributed by atoms with Crippen molar-refractivity contribution < 1.29 is 28.4 Å². The van der Waals surface area contributed by atoms with Gasteiger partial charge in [-0.3, -0.25) is 0 Å². The zero-order valence-electron chi connectivity index (χ0n) is 28.1. The molecule has 50 heavy (non-hydrogen) atoms. The molecule has 0 bridgehead atoms. The van der Waals surface area contributed by atoms with Crippen molar-refractivity contribution >= 4 is 0 Å². The maximum atomic E-state index is 6.81. The third-order valence-corrected chi connectivity index (χ3v) is 8.70. The summed E-state index contributed by atoms with van der Waals surface area (Å²) < 4.78 is 38.3. The van der Waals surface area contributed by atoms with Gasteiger partial charge in [0.1, 0.15) is 49.8 Å². The van der Waals surface area contributed by atoms with E-state index in [2.05, 4.69) is 12.1 Å². The highest BCUT2D eigenvalue weighted by molar-refractivity contribution is 5.53. The van der Waals surface area contributed by atoms with E-state index in [4.69, 9.17) is 28.4 Å². The lowest BCUT2D eigenvalue weighted by molar-refractivity contribution is -0.0125. The average Bonchev–Trinajstić information content (AvgIpc) is 3.18. The number of methoxy groups -OCH3 is 1. The van der Waals surface area contributed by atoms with Crippen LogP contribution < -0.4 is 23.7 Å². The Balaban J connectivity index is 1.18. The predicted octanol–water partition coefficient (Wildman–Crippen LogP) is 9.69. The second-order valence-corrected chi connectivity index (χ2v) is 12.2. The molecule has 6 aromatic carbocycles. The molecule has 6 nitrogen and oxygen atoms in total. The summed E-state index contributed by atoms with van der Waals surface area (Å²) in [6.45, 7) is 1.67. The van der Waals surface area contributed by atoms with E-state index in [1.165, 1.54) is 0 Å². The van der Waals surface area contributed by atoms with Crippen LogP contribution in [-0.4, -0.2) is 13.2 Å². The SMILES string of the molecule is COC1Cc2c(OCc3ccccc3)cc(OCc3ccccc3)cc2OC1c1ccc(OCc2ccccc2)c(OCc2ccccc2)c1.